The summed E-state index contributed by atoms with van der Waals surface area (Å²) in [7, 11) is 0.112. The molecule has 0 radical (unpaired) electrons. The molecule has 0 amide bonds. The van der Waals surface area contributed by atoms with Gasteiger partial charge in [-0.2, -0.15) is 0 Å². The fourth-order valence-corrected chi connectivity index (χ4v) is 1.14. The second kappa shape index (κ2) is 6.35. The molecule has 0 fully saturated rings. The summed E-state index contributed by atoms with van der Waals surface area (Å²) in [5, 5.41) is 8.01. The second-order valence-electron chi connectivity index (χ2n) is 1.90. The third kappa shape index (κ3) is 7.23. The van der Waals surface area contributed by atoms with E-state index in [0.717, 1.165) is 6.42 Å². The van der Waals surface area contributed by atoms with Gasteiger partial charge in [0.1, 0.15) is 0 Å². The Balaban J connectivity index is 3.12. The van der Waals surface area contributed by atoms with Crippen LogP contribution in [0.3, 0.4) is 0 Å². The van der Waals surface area contributed by atoms with Crippen LogP contribution in [0.5, 0.6) is 0 Å². The number of carbonyl (C=O) groups is 1. The van der Waals surface area contributed by atoms with E-state index in [2.05, 4.69) is 11.3 Å². The van der Waals surface area contributed by atoms with Crippen LogP contribution in [0, 0.1) is 0 Å². The summed E-state index contributed by atoms with van der Waals surface area (Å²) in [6.07, 6.45) is 2.66. The van der Waals surface area contributed by atoms with Crippen LogP contribution in [0.4, 0.5) is 4.79 Å². The first-order chi connectivity index (χ1) is 4.77. The molecule has 58 valence electrons. The Labute approximate surface area is 62.5 Å². The van der Waals surface area contributed by atoms with E-state index in [1.807, 2.05) is 0 Å². The Hall–Kier alpha value is -0.773. The Morgan fingerprint density at radius 1 is 1.80 bits per heavy atom. The summed E-state index contributed by atoms with van der Waals surface area (Å²) < 4.78 is 4.14. The summed E-state index contributed by atoms with van der Waals surface area (Å²) >= 11 is 0. The van der Waals surface area contributed by atoms with E-state index in [1.165, 1.54) is 12.3 Å². The van der Waals surface area contributed by atoms with Crippen molar-refractivity contribution in [3.8, 4) is 0 Å². The molecule has 0 saturated carbocycles. The Morgan fingerprint density at radius 2 is 2.50 bits per heavy atom. The number of ether oxygens (including phenoxy) is 1. The van der Waals surface area contributed by atoms with Crippen molar-refractivity contribution in [2.24, 2.45) is 0 Å². The molecular weight excluding hydrogens is 148 g/mol. The zero-order valence-corrected chi connectivity index (χ0v) is 7.45. The van der Waals surface area contributed by atoms with Crippen molar-refractivity contribution < 1.29 is 14.6 Å². The van der Waals surface area contributed by atoms with Gasteiger partial charge in [0.2, 0.25) is 0 Å². The molecule has 0 aromatic rings. The average Bonchev–Trinajstić information content (AvgIpc) is 1.87. The van der Waals surface area contributed by atoms with E-state index in [9.17, 15) is 4.79 Å². The van der Waals surface area contributed by atoms with E-state index in [-0.39, 0.29) is 9.52 Å². The molecule has 3 nitrogen and oxygen atoms in total. The van der Waals surface area contributed by atoms with Crippen LogP contribution in [-0.2, 0) is 4.74 Å². The van der Waals surface area contributed by atoms with Gasteiger partial charge in [-0.1, -0.05) is 12.6 Å². The molecule has 1 N–H and O–H groups in total. The van der Waals surface area contributed by atoms with E-state index in [0.29, 0.717) is 0 Å². The van der Waals surface area contributed by atoms with Crippen molar-refractivity contribution >= 4 is 15.7 Å². The van der Waals surface area contributed by atoms with E-state index in [4.69, 9.17) is 5.11 Å². The van der Waals surface area contributed by atoms with Gasteiger partial charge in [0.25, 0.3) is 0 Å². The molecule has 0 atom stereocenters. The zero-order chi connectivity index (χ0) is 7.82. The third-order valence-electron chi connectivity index (χ3n) is 0.989. The normalized spacial score (nSPS) is 11.3. The molecule has 0 saturated heterocycles. The van der Waals surface area contributed by atoms with Crippen molar-refractivity contribution in [1.29, 1.82) is 0 Å². The first kappa shape index (κ1) is 9.23. The molecule has 0 bridgehead atoms. The second-order valence-corrected chi connectivity index (χ2v) is 3.60. The lowest BCUT2D eigenvalue weighted by atomic mass is 10.5. The van der Waals surface area contributed by atoms with Gasteiger partial charge >= 0.3 is 6.16 Å². The SMILES string of the molecule is C[SiH2]CCC=COC(=O)O. The monoisotopic (exact) mass is 160 g/mol. The molecule has 0 spiro atoms. The van der Waals surface area contributed by atoms with Crippen LogP contribution in [-0.4, -0.2) is 20.8 Å². The highest BCUT2D eigenvalue weighted by atomic mass is 28.2. The van der Waals surface area contributed by atoms with Crippen molar-refractivity contribution in [3.05, 3.63) is 12.3 Å². The molecule has 0 aliphatic heterocycles. The molecule has 0 aromatic heterocycles. The minimum Gasteiger partial charge on any atom is -0.449 e. The van der Waals surface area contributed by atoms with Gasteiger partial charge in [0.05, 0.1) is 6.26 Å². The van der Waals surface area contributed by atoms with Crippen LogP contribution in [0.25, 0.3) is 0 Å². The van der Waals surface area contributed by atoms with Crippen molar-refractivity contribution in [1.82, 2.24) is 0 Å². The van der Waals surface area contributed by atoms with Crippen LogP contribution >= 0.6 is 0 Å². The predicted molar refractivity (Wildman–Crippen MR) is 42.1 cm³/mol. The van der Waals surface area contributed by atoms with Gasteiger partial charge in [-0.3, -0.25) is 0 Å². The number of rotatable bonds is 4. The first-order valence-corrected chi connectivity index (χ1v) is 5.73. The van der Waals surface area contributed by atoms with Crippen LogP contribution < -0.4 is 0 Å². The van der Waals surface area contributed by atoms with E-state index in [1.54, 1.807) is 6.08 Å². The fourth-order valence-electron chi connectivity index (χ4n) is 0.496. The van der Waals surface area contributed by atoms with Gasteiger partial charge in [0, 0.05) is 9.52 Å². The van der Waals surface area contributed by atoms with E-state index < -0.39 is 6.16 Å². The highest BCUT2D eigenvalue weighted by molar-refractivity contribution is 6.33. The molecule has 0 rings (SSSR count). The van der Waals surface area contributed by atoms with Crippen LogP contribution in [0.15, 0.2) is 12.3 Å². The lowest BCUT2D eigenvalue weighted by Crippen LogP contribution is -1.91. The third-order valence-corrected chi connectivity index (χ3v) is 2.10. The summed E-state index contributed by atoms with van der Waals surface area (Å²) in [5.74, 6) is 0. The summed E-state index contributed by atoms with van der Waals surface area (Å²) in [6.45, 7) is 2.21. The topological polar surface area (TPSA) is 46.5 Å². The fraction of sp³-hybridized carbons (Fsp3) is 0.500. The highest BCUT2D eigenvalue weighted by Crippen LogP contribution is 1.90. The molecule has 0 aromatic carbocycles. The maximum Gasteiger partial charge on any atom is 0.510 e. The lowest BCUT2D eigenvalue weighted by Gasteiger charge is -1.88. The predicted octanol–water partition coefficient (Wildman–Crippen LogP) is 1.22. The summed E-state index contributed by atoms with van der Waals surface area (Å²) in [6, 6.07) is 1.21. The van der Waals surface area contributed by atoms with Gasteiger partial charge in [-0.25, -0.2) is 4.79 Å². The number of hydrogen-bond acceptors (Lipinski definition) is 2. The Morgan fingerprint density at radius 3 is 3.00 bits per heavy atom. The van der Waals surface area contributed by atoms with Crippen LogP contribution in [0.2, 0.25) is 12.6 Å². The highest BCUT2D eigenvalue weighted by Gasteiger charge is 1.87. The average molecular weight is 160 g/mol. The first-order valence-electron chi connectivity index (χ1n) is 3.32. The molecule has 0 heterocycles. The maximum atomic E-state index is 9.77. The maximum absolute atomic E-state index is 9.77. The van der Waals surface area contributed by atoms with Gasteiger partial charge in [-0.05, 0) is 12.5 Å². The van der Waals surface area contributed by atoms with Crippen molar-refractivity contribution in [3.63, 3.8) is 0 Å². The van der Waals surface area contributed by atoms with Crippen molar-refractivity contribution in [2.75, 3.05) is 0 Å². The molecule has 0 unspecified atom stereocenters. The van der Waals surface area contributed by atoms with Crippen molar-refractivity contribution in [2.45, 2.75) is 19.0 Å². The lowest BCUT2D eigenvalue weighted by molar-refractivity contribution is 0.128. The van der Waals surface area contributed by atoms with Crippen LogP contribution in [0.1, 0.15) is 6.42 Å². The minimum atomic E-state index is -1.25. The molecule has 0 aliphatic rings. The number of hydrogen-bond donors (Lipinski definition) is 1. The molecule has 4 heteroatoms. The van der Waals surface area contributed by atoms with Gasteiger partial charge < -0.3 is 9.84 Å². The smallest absolute Gasteiger partial charge is 0.449 e. The molecule has 0 aliphatic carbocycles. The Kier molecular flexibility index (Phi) is 5.86. The zero-order valence-electron chi connectivity index (χ0n) is 6.04. The quantitative estimate of drug-likeness (QED) is 0.291. The molecular formula is C6H12O3Si. The summed E-state index contributed by atoms with van der Waals surface area (Å²) in [4.78, 5) is 9.77. The number of carboxylic acid groups (broad SMARTS) is 1. The standard InChI is InChI=1S/C6H12O3Si/c1-10-5-3-2-4-9-6(7)8/h2,4H,3,5,10H2,1H3,(H,7,8). The summed E-state index contributed by atoms with van der Waals surface area (Å²) in [5.41, 5.74) is 0. The van der Waals surface area contributed by atoms with Gasteiger partial charge in [0.15, 0.2) is 0 Å². The minimum absolute atomic E-state index is 0.112. The Bertz CT molecular complexity index is 122. The molecule has 10 heavy (non-hydrogen) atoms. The van der Waals surface area contributed by atoms with Gasteiger partial charge in [-0.15, -0.1) is 0 Å². The number of allylic oxidation sites excluding steroid dienone is 1. The largest absolute Gasteiger partial charge is 0.510 e. The van der Waals surface area contributed by atoms with E-state index >= 15 is 0 Å².